The molecule has 5 rings (SSSR count). The molecule has 1 amide bonds. The number of aromatic amines is 1. The Hall–Kier alpha value is -2.44. The largest absolute Gasteiger partial charge is 0.338 e. The van der Waals surface area contributed by atoms with Crippen LogP contribution >= 0.6 is 11.6 Å². The van der Waals surface area contributed by atoms with Crippen LogP contribution in [0, 0.1) is 12.7 Å². The first-order valence-corrected chi connectivity index (χ1v) is 9.43. The fourth-order valence-electron chi connectivity index (χ4n) is 4.16. The van der Waals surface area contributed by atoms with Gasteiger partial charge in [-0.2, -0.15) is 0 Å². The van der Waals surface area contributed by atoms with E-state index in [4.69, 9.17) is 11.6 Å². The molecule has 0 radical (unpaired) electrons. The minimum absolute atomic E-state index is 0.0495. The maximum atomic E-state index is 13.7. The van der Waals surface area contributed by atoms with E-state index in [-0.39, 0.29) is 10.9 Å². The van der Waals surface area contributed by atoms with Gasteiger partial charge in [0.15, 0.2) is 0 Å². The average Bonchev–Trinajstić information content (AvgIpc) is 3.35. The molecule has 2 bridgehead atoms. The van der Waals surface area contributed by atoms with E-state index in [2.05, 4.69) is 15.0 Å². The van der Waals surface area contributed by atoms with Gasteiger partial charge in [0, 0.05) is 30.3 Å². The molecule has 3 aromatic rings. The predicted octanol–water partition coefficient (Wildman–Crippen LogP) is 4.17. The van der Waals surface area contributed by atoms with E-state index in [9.17, 15) is 9.18 Å². The summed E-state index contributed by atoms with van der Waals surface area (Å²) in [5.41, 5.74) is 3.70. The second kappa shape index (κ2) is 6.04. The molecule has 0 saturated carbocycles. The number of halogens is 2. The van der Waals surface area contributed by atoms with Crippen molar-refractivity contribution in [2.24, 2.45) is 0 Å². The number of piperidine rings is 1. The third-order valence-corrected chi connectivity index (χ3v) is 5.84. The Morgan fingerprint density at radius 3 is 2.70 bits per heavy atom. The molecule has 138 valence electrons. The number of hydrazine groups is 1. The maximum absolute atomic E-state index is 13.7. The van der Waals surface area contributed by atoms with Gasteiger partial charge >= 0.3 is 0 Å². The van der Waals surface area contributed by atoms with Gasteiger partial charge in [0.25, 0.3) is 5.91 Å². The van der Waals surface area contributed by atoms with E-state index in [1.807, 2.05) is 30.1 Å². The molecule has 5 nitrogen and oxygen atoms in total. The van der Waals surface area contributed by atoms with Gasteiger partial charge in [0.1, 0.15) is 11.6 Å². The van der Waals surface area contributed by atoms with Crippen molar-refractivity contribution in [2.45, 2.75) is 25.8 Å². The van der Waals surface area contributed by atoms with Gasteiger partial charge in [0.05, 0.1) is 22.1 Å². The number of nitrogens with zero attached hydrogens (tertiary/aromatic N) is 3. The first-order valence-electron chi connectivity index (χ1n) is 9.05. The number of aromatic nitrogens is 2. The molecule has 2 fully saturated rings. The topological polar surface area (TPSA) is 52.2 Å². The van der Waals surface area contributed by atoms with Crippen LogP contribution in [0.15, 0.2) is 30.3 Å². The number of benzene rings is 2. The normalized spacial score (nSPS) is 21.4. The number of carbonyl (C=O) groups excluding carboxylic acids is 1. The number of hydrogen-bond acceptors (Lipinski definition) is 3. The summed E-state index contributed by atoms with van der Waals surface area (Å²) in [5.74, 6) is 0.212. The average molecular weight is 385 g/mol. The molecule has 0 unspecified atom stereocenters. The van der Waals surface area contributed by atoms with Gasteiger partial charge in [-0.25, -0.2) is 14.4 Å². The summed E-state index contributed by atoms with van der Waals surface area (Å²) in [7, 11) is 0. The van der Waals surface area contributed by atoms with Crippen LogP contribution in [-0.4, -0.2) is 45.0 Å². The molecule has 7 heteroatoms. The van der Waals surface area contributed by atoms with Crippen LogP contribution in [0.5, 0.6) is 0 Å². The standard InChI is InChI=1S/C20H18ClFN4O/c1-11-8-12(20(27)26-13-4-6-25(26)7-5-13)2-3-14(11)19-23-17-9-15(21)16(22)10-18(17)24-19/h2-3,8-10,13H,4-7H2,1H3,(H,23,24). The zero-order valence-electron chi connectivity index (χ0n) is 14.8. The van der Waals surface area contributed by atoms with E-state index < -0.39 is 5.82 Å². The van der Waals surface area contributed by atoms with Crippen molar-refractivity contribution in [3.05, 3.63) is 52.3 Å². The summed E-state index contributed by atoms with van der Waals surface area (Å²) in [4.78, 5) is 20.6. The van der Waals surface area contributed by atoms with Crippen LogP contribution in [0.1, 0.15) is 28.8 Å². The molecule has 2 saturated heterocycles. The summed E-state index contributed by atoms with van der Waals surface area (Å²) >= 11 is 5.85. The van der Waals surface area contributed by atoms with Crippen molar-refractivity contribution in [2.75, 3.05) is 13.1 Å². The van der Waals surface area contributed by atoms with Gasteiger partial charge in [0.2, 0.25) is 0 Å². The zero-order chi connectivity index (χ0) is 18.7. The fraction of sp³-hybridized carbons (Fsp3) is 0.300. The number of nitrogens with one attached hydrogen (secondary N) is 1. The molecular weight excluding hydrogens is 367 g/mol. The van der Waals surface area contributed by atoms with Crippen molar-refractivity contribution >= 4 is 28.5 Å². The van der Waals surface area contributed by atoms with Crippen LogP contribution in [0.3, 0.4) is 0 Å². The highest BCUT2D eigenvalue weighted by Crippen LogP contribution is 2.32. The number of imidazole rings is 1. The van der Waals surface area contributed by atoms with E-state index >= 15 is 0 Å². The van der Waals surface area contributed by atoms with Crippen LogP contribution in [-0.2, 0) is 0 Å². The fourth-order valence-corrected chi connectivity index (χ4v) is 4.32. The monoisotopic (exact) mass is 384 g/mol. The smallest absolute Gasteiger partial charge is 0.268 e. The molecule has 0 atom stereocenters. The van der Waals surface area contributed by atoms with Crippen molar-refractivity contribution in [1.29, 1.82) is 0 Å². The van der Waals surface area contributed by atoms with Crippen LogP contribution in [0.4, 0.5) is 4.39 Å². The van der Waals surface area contributed by atoms with Crippen molar-refractivity contribution < 1.29 is 9.18 Å². The Morgan fingerprint density at radius 1 is 1.26 bits per heavy atom. The lowest BCUT2D eigenvalue weighted by Gasteiger charge is -2.24. The second-order valence-electron chi connectivity index (χ2n) is 7.23. The number of fused-ring (bicyclic) bond motifs is 3. The van der Waals surface area contributed by atoms with Crippen LogP contribution in [0.25, 0.3) is 22.4 Å². The lowest BCUT2D eigenvalue weighted by atomic mass is 10.0. The van der Waals surface area contributed by atoms with E-state index in [1.54, 1.807) is 0 Å². The molecule has 2 aliphatic rings. The number of carbonyl (C=O) groups is 1. The highest BCUT2D eigenvalue weighted by molar-refractivity contribution is 6.31. The Bertz CT molecular complexity index is 1020. The SMILES string of the molecule is Cc1cc(C(=O)N2C3CCN2CC3)ccc1-c1nc2cc(Cl)c(F)cc2[nH]1. The van der Waals surface area contributed by atoms with Gasteiger partial charge in [-0.15, -0.1) is 0 Å². The van der Waals surface area contributed by atoms with Crippen LogP contribution < -0.4 is 0 Å². The third kappa shape index (κ3) is 2.63. The second-order valence-corrected chi connectivity index (χ2v) is 7.64. The lowest BCUT2D eigenvalue weighted by molar-refractivity contribution is 0.0334. The summed E-state index contributed by atoms with van der Waals surface area (Å²) in [6, 6.07) is 8.83. The van der Waals surface area contributed by atoms with E-state index in [1.165, 1.54) is 12.1 Å². The number of hydrogen-bond donors (Lipinski definition) is 1. The molecule has 3 heterocycles. The van der Waals surface area contributed by atoms with Gasteiger partial charge in [-0.3, -0.25) is 9.80 Å². The quantitative estimate of drug-likeness (QED) is 0.721. The molecule has 0 spiro atoms. The van der Waals surface area contributed by atoms with Crippen molar-refractivity contribution in [3.8, 4) is 11.4 Å². The number of H-pyrrole nitrogens is 1. The first-order chi connectivity index (χ1) is 13.0. The maximum Gasteiger partial charge on any atom is 0.268 e. The van der Waals surface area contributed by atoms with Gasteiger partial charge in [-0.1, -0.05) is 17.7 Å². The van der Waals surface area contributed by atoms with Crippen LogP contribution in [0.2, 0.25) is 5.02 Å². The molecule has 0 aliphatic carbocycles. The summed E-state index contributed by atoms with van der Waals surface area (Å²) < 4.78 is 13.7. The van der Waals surface area contributed by atoms with Crippen molar-refractivity contribution in [3.63, 3.8) is 0 Å². The predicted molar refractivity (Wildman–Crippen MR) is 102 cm³/mol. The zero-order valence-corrected chi connectivity index (χ0v) is 15.6. The van der Waals surface area contributed by atoms with E-state index in [0.717, 1.165) is 37.1 Å². The van der Waals surface area contributed by atoms with Gasteiger partial charge < -0.3 is 4.98 Å². The summed E-state index contributed by atoms with van der Waals surface area (Å²) in [6.07, 6.45) is 2.11. The van der Waals surface area contributed by atoms with E-state index in [0.29, 0.717) is 28.5 Å². The molecule has 1 N–H and O–H groups in total. The Balaban J connectivity index is 1.49. The number of aryl methyl sites for hydroxylation is 1. The molecule has 2 aromatic carbocycles. The summed E-state index contributed by atoms with van der Waals surface area (Å²) in [6.45, 7) is 3.88. The Labute approximate surface area is 160 Å². The number of rotatable bonds is 2. The minimum Gasteiger partial charge on any atom is -0.338 e. The first kappa shape index (κ1) is 16.7. The Kier molecular flexibility index (Phi) is 3.74. The highest BCUT2D eigenvalue weighted by atomic mass is 35.5. The molecule has 27 heavy (non-hydrogen) atoms. The minimum atomic E-state index is -0.479. The molecular formula is C20H18ClFN4O. The Morgan fingerprint density at radius 2 is 2.04 bits per heavy atom. The van der Waals surface area contributed by atoms with Crippen molar-refractivity contribution in [1.82, 2.24) is 20.0 Å². The van der Waals surface area contributed by atoms with Gasteiger partial charge in [-0.05, 0) is 43.5 Å². The summed E-state index contributed by atoms with van der Waals surface area (Å²) in [5, 5.41) is 4.11. The lowest BCUT2D eigenvalue weighted by Crippen LogP contribution is -2.38. The number of amides is 1. The molecule has 2 aliphatic heterocycles. The third-order valence-electron chi connectivity index (χ3n) is 5.55. The molecule has 1 aromatic heterocycles. The highest BCUT2D eigenvalue weighted by Gasteiger charge is 2.41.